The fourth-order valence-corrected chi connectivity index (χ4v) is 3.62. The molecule has 2 N–H and O–H groups in total. The van der Waals surface area contributed by atoms with Crippen LogP contribution >= 0.6 is 0 Å². The molecule has 1 aromatic rings. The molecule has 3 rings (SSSR count). The lowest BCUT2D eigenvalue weighted by molar-refractivity contribution is -0.128. The maximum Gasteiger partial charge on any atom is 0.223 e. The van der Waals surface area contributed by atoms with Crippen LogP contribution in [0.5, 0.6) is 5.75 Å². The summed E-state index contributed by atoms with van der Waals surface area (Å²) in [5.41, 5.74) is 0.327. The maximum atomic E-state index is 12.5. The molecule has 1 atom stereocenters. The first kappa shape index (κ1) is 16.3. The van der Waals surface area contributed by atoms with Crippen LogP contribution in [0.4, 0.5) is 0 Å². The number of hydrogen-bond acceptors (Lipinski definition) is 3. The van der Waals surface area contributed by atoms with Crippen LogP contribution in [0.3, 0.4) is 0 Å². The van der Waals surface area contributed by atoms with Crippen molar-refractivity contribution in [3.8, 4) is 5.75 Å². The monoisotopic (exact) mass is 317 g/mol. The van der Waals surface area contributed by atoms with Gasteiger partial charge in [0.05, 0.1) is 25.2 Å². The number of ether oxygens (including phenoxy) is 1. The summed E-state index contributed by atoms with van der Waals surface area (Å²) in [5, 5.41) is 13.7. The number of methoxy groups -OCH3 is 1. The van der Waals surface area contributed by atoms with Gasteiger partial charge in [-0.1, -0.05) is 31.4 Å². The number of aliphatic hydroxyl groups is 1. The molecule has 126 valence electrons. The van der Waals surface area contributed by atoms with Crippen LogP contribution in [-0.4, -0.2) is 23.7 Å². The molecule has 0 heterocycles. The number of carbonyl (C=O) groups is 1. The number of amides is 1. The summed E-state index contributed by atoms with van der Waals surface area (Å²) in [7, 11) is 1.65. The summed E-state index contributed by atoms with van der Waals surface area (Å²) in [6.07, 6.45) is 7.24. The van der Waals surface area contributed by atoms with E-state index in [-0.39, 0.29) is 18.4 Å². The molecule has 1 amide bonds. The van der Waals surface area contributed by atoms with Crippen LogP contribution in [-0.2, 0) is 4.79 Å². The molecule has 4 heteroatoms. The molecule has 23 heavy (non-hydrogen) atoms. The van der Waals surface area contributed by atoms with Gasteiger partial charge < -0.3 is 15.2 Å². The molecule has 1 unspecified atom stereocenters. The molecule has 0 aliphatic heterocycles. The summed E-state index contributed by atoms with van der Waals surface area (Å²) in [5.74, 6) is 1.32. The summed E-state index contributed by atoms with van der Waals surface area (Å²) in [4.78, 5) is 12.5. The van der Waals surface area contributed by atoms with Crippen LogP contribution in [0.1, 0.15) is 63.0 Å². The first-order valence-corrected chi connectivity index (χ1v) is 8.75. The fourth-order valence-electron chi connectivity index (χ4n) is 3.62. The largest absolute Gasteiger partial charge is 0.497 e. The lowest BCUT2D eigenvalue weighted by Crippen LogP contribution is -2.40. The number of rotatable bonds is 6. The lowest BCUT2D eigenvalue weighted by atomic mass is 9.82. The standard InChI is InChI=1S/C19H27NO3/c1-23-16-9-7-15(8-10-16)18(14-5-6-14)20-17(21)13-19(22)11-3-2-4-12-19/h7-10,14,18,22H,2-6,11-13H2,1H3,(H,20,21). The van der Waals surface area contributed by atoms with Crippen LogP contribution in [0.15, 0.2) is 24.3 Å². The minimum Gasteiger partial charge on any atom is -0.497 e. The predicted octanol–water partition coefficient (Wildman–Crippen LogP) is 3.35. The van der Waals surface area contributed by atoms with Gasteiger partial charge in [-0.05, 0) is 49.3 Å². The lowest BCUT2D eigenvalue weighted by Gasteiger charge is -2.32. The Labute approximate surface area is 138 Å². The third kappa shape index (κ3) is 4.25. The van der Waals surface area contributed by atoms with Crippen molar-refractivity contribution in [2.75, 3.05) is 7.11 Å². The Kier molecular flexibility index (Phi) is 4.90. The zero-order valence-corrected chi connectivity index (χ0v) is 13.9. The zero-order chi connectivity index (χ0) is 16.3. The highest BCUT2D eigenvalue weighted by Crippen LogP contribution is 2.41. The summed E-state index contributed by atoms with van der Waals surface area (Å²) >= 11 is 0. The van der Waals surface area contributed by atoms with E-state index in [9.17, 15) is 9.90 Å². The fraction of sp³-hybridized carbons (Fsp3) is 0.632. The highest BCUT2D eigenvalue weighted by Gasteiger charge is 2.36. The van der Waals surface area contributed by atoms with Gasteiger partial charge in [-0.2, -0.15) is 0 Å². The quantitative estimate of drug-likeness (QED) is 0.846. The van der Waals surface area contributed by atoms with Crippen LogP contribution in [0.25, 0.3) is 0 Å². The summed E-state index contributed by atoms with van der Waals surface area (Å²) in [6.45, 7) is 0. The van der Waals surface area contributed by atoms with E-state index in [2.05, 4.69) is 5.32 Å². The van der Waals surface area contributed by atoms with Crippen LogP contribution in [0.2, 0.25) is 0 Å². The SMILES string of the molecule is COc1ccc(C(NC(=O)CC2(O)CCCCC2)C2CC2)cc1. The van der Waals surface area contributed by atoms with Crippen molar-refractivity contribution < 1.29 is 14.6 Å². The van der Waals surface area contributed by atoms with E-state index in [0.29, 0.717) is 5.92 Å². The third-order valence-corrected chi connectivity index (χ3v) is 5.16. The van der Waals surface area contributed by atoms with Crippen molar-refractivity contribution in [3.05, 3.63) is 29.8 Å². The number of hydrogen-bond donors (Lipinski definition) is 2. The van der Waals surface area contributed by atoms with Gasteiger partial charge in [0.1, 0.15) is 5.75 Å². The molecular formula is C19H27NO3. The Balaban J connectivity index is 1.63. The van der Waals surface area contributed by atoms with E-state index in [1.165, 1.54) is 6.42 Å². The molecule has 2 fully saturated rings. The van der Waals surface area contributed by atoms with Gasteiger partial charge in [-0.3, -0.25) is 4.79 Å². The molecule has 2 aliphatic rings. The number of nitrogens with one attached hydrogen (secondary N) is 1. The van der Waals surface area contributed by atoms with Gasteiger partial charge in [0.2, 0.25) is 5.91 Å². The van der Waals surface area contributed by atoms with Crippen molar-refractivity contribution in [3.63, 3.8) is 0 Å². The Bertz CT molecular complexity index is 530. The van der Waals surface area contributed by atoms with Gasteiger partial charge in [0, 0.05) is 0 Å². The third-order valence-electron chi connectivity index (χ3n) is 5.16. The second-order valence-electron chi connectivity index (χ2n) is 7.12. The smallest absolute Gasteiger partial charge is 0.223 e. The van der Waals surface area contributed by atoms with Gasteiger partial charge in [0.15, 0.2) is 0 Å². The average molecular weight is 317 g/mol. The van der Waals surface area contributed by atoms with Crippen molar-refractivity contribution in [2.45, 2.75) is 63.0 Å². The Morgan fingerprint density at radius 2 is 1.91 bits per heavy atom. The van der Waals surface area contributed by atoms with Crippen molar-refractivity contribution in [1.29, 1.82) is 0 Å². The number of carbonyl (C=O) groups excluding carboxylic acids is 1. The summed E-state index contributed by atoms with van der Waals surface area (Å²) < 4.78 is 5.20. The minimum absolute atomic E-state index is 0.0258. The predicted molar refractivity (Wildman–Crippen MR) is 89.3 cm³/mol. The molecule has 0 spiro atoms. The Hall–Kier alpha value is -1.55. The molecule has 0 radical (unpaired) electrons. The molecular weight excluding hydrogens is 290 g/mol. The van der Waals surface area contributed by atoms with Gasteiger partial charge >= 0.3 is 0 Å². The topological polar surface area (TPSA) is 58.6 Å². The van der Waals surface area contributed by atoms with E-state index >= 15 is 0 Å². The van der Waals surface area contributed by atoms with E-state index in [0.717, 1.165) is 49.8 Å². The van der Waals surface area contributed by atoms with Crippen molar-refractivity contribution >= 4 is 5.91 Å². The van der Waals surface area contributed by atoms with Gasteiger partial charge in [-0.25, -0.2) is 0 Å². The zero-order valence-electron chi connectivity index (χ0n) is 13.9. The Morgan fingerprint density at radius 3 is 2.48 bits per heavy atom. The molecule has 0 saturated heterocycles. The van der Waals surface area contributed by atoms with Gasteiger partial charge in [-0.15, -0.1) is 0 Å². The highest BCUT2D eigenvalue weighted by molar-refractivity contribution is 5.77. The second-order valence-corrected chi connectivity index (χ2v) is 7.12. The van der Waals surface area contributed by atoms with Crippen LogP contribution < -0.4 is 10.1 Å². The molecule has 4 nitrogen and oxygen atoms in total. The molecule has 2 saturated carbocycles. The maximum absolute atomic E-state index is 12.5. The second kappa shape index (κ2) is 6.91. The van der Waals surface area contributed by atoms with Crippen molar-refractivity contribution in [1.82, 2.24) is 5.32 Å². The first-order chi connectivity index (χ1) is 11.1. The molecule has 0 aromatic heterocycles. The van der Waals surface area contributed by atoms with E-state index in [1.807, 2.05) is 24.3 Å². The Morgan fingerprint density at radius 1 is 1.26 bits per heavy atom. The molecule has 1 aromatic carbocycles. The van der Waals surface area contributed by atoms with Gasteiger partial charge in [0.25, 0.3) is 0 Å². The van der Waals surface area contributed by atoms with Crippen molar-refractivity contribution in [2.24, 2.45) is 5.92 Å². The first-order valence-electron chi connectivity index (χ1n) is 8.75. The summed E-state index contributed by atoms with van der Waals surface area (Å²) in [6, 6.07) is 7.98. The molecule has 2 aliphatic carbocycles. The van der Waals surface area contributed by atoms with E-state index < -0.39 is 5.60 Å². The van der Waals surface area contributed by atoms with Crippen LogP contribution in [0, 0.1) is 5.92 Å². The molecule has 0 bridgehead atoms. The number of benzene rings is 1. The highest BCUT2D eigenvalue weighted by atomic mass is 16.5. The minimum atomic E-state index is -0.795. The van der Waals surface area contributed by atoms with E-state index in [1.54, 1.807) is 7.11 Å². The van der Waals surface area contributed by atoms with E-state index in [4.69, 9.17) is 4.74 Å². The normalized spacial score (nSPS) is 21.5. The average Bonchev–Trinajstić information content (AvgIpc) is 3.38.